The van der Waals surface area contributed by atoms with Gasteiger partial charge in [0.15, 0.2) is 0 Å². The fourth-order valence-electron chi connectivity index (χ4n) is 1.59. The summed E-state index contributed by atoms with van der Waals surface area (Å²) in [5, 5.41) is 20.9. The summed E-state index contributed by atoms with van der Waals surface area (Å²) in [4.78, 5) is 12.1. The molecule has 1 amide bonds. The van der Waals surface area contributed by atoms with Crippen LogP contribution in [0.2, 0.25) is 0 Å². The van der Waals surface area contributed by atoms with Gasteiger partial charge < -0.3 is 21.3 Å². The predicted molar refractivity (Wildman–Crippen MR) is 69.0 cm³/mol. The topological polar surface area (TPSA) is 95.6 Å². The maximum absolute atomic E-state index is 12.1. The standard InChI is InChI=1S/C13H20N2O3/c1-13(8-16,9-17)15-12(18)11(7-14)10-5-3-2-4-6-10/h2-6,11,16-17H,7-9,14H2,1H3,(H,15,18). The van der Waals surface area contributed by atoms with Crippen LogP contribution in [0.3, 0.4) is 0 Å². The lowest BCUT2D eigenvalue weighted by atomic mass is 9.96. The van der Waals surface area contributed by atoms with E-state index in [4.69, 9.17) is 15.9 Å². The van der Waals surface area contributed by atoms with Crippen LogP contribution < -0.4 is 11.1 Å². The Morgan fingerprint density at radius 1 is 1.33 bits per heavy atom. The van der Waals surface area contributed by atoms with E-state index >= 15 is 0 Å². The minimum Gasteiger partial charge on any atom is -0.394 e. The maximum atomic E-state index is 12.1. The number of carbonyl (C=O) groups is 1. The van der Waals surface area contributed by atoms with Gasteiger partial charge in [-0.2, -0.15) is 0 Å². The average Bonchev–Trinajstić information content (AvgIpc) is 2.40. The summed E-state index contributed by atoms with van der Waals surface area (Å²) in [6.45, 7) is 1.08. The number of carbonyl (C=O) groups excluding carboxylic acids is 1. The van der Waals surface area contributed by atoms with E-state index in [2.05, 4.69) is 5.32 Å². The van der Waals surface area contributed by atoms with E-state index in [1.54, 1.807) is 6.92 Å². The number of aliphatic hydroxyl groups excluding tert-OH is 2. The van der Waals surface area contributed by atoms with Gasteiger partial charge in [-0.15, -0.1) is 0 Å². The number of nitrogens with one attached hydrogen (secondary N) is 1. The number of amides is 1. The first kappa shape index (κ1) is 14.6. The molecule has 1 unspecified atom stereocenters. The summed E-state index contributed by atoms with van der Waals surface area (Å²) in [6.07, 6.45) is 0. The first-order valence-electron chi connectivity index (χ1n) is 5.85. The smallest absolute Gasteiger partial charge is 0.229 e. The second-order valence-electron chi connectivity index (χ2n) is 4.57. The van der Waals surface area contributed by atoms with Gasteiger partial charge in [-0.1, -0.05) is 30.3 Å². The normalized spacial score (nSPS) is 13.1. The van der Waals surface area contributed by atoms with Gasteiger partial charge >= 0.3 is 0 Å². The lowest BCUT2D eigenvalue weighted by molar-refractivity contribution is -0.125. The van der Waals surface area contributed by atoms with Crippen molar-refractivity contribution in [3.8, 4) is 0 Å². The number of nitrogens with two attached hydrogens (primary N) is 1. The summed E-state index contributed by atoms with van der Waals surface area (Å²) in [5.74, 6) is -0.780. The van der Waals surface area contributed by atoms with Crippen LogP contribution >= 0.6 is 0 Å². The molecule has 100 valence electrons. The molecular formula is C13H20N2O3. The zero-order valence-electron chi connectivity index (χ0n) is 10.5. The van der Waals surface area contributed by atoms with Gasteiger partial charge in [0.2, 0.25) is 5.91 Å². The SMILES string of the molecule is CC(CO)(CO)NC(=O)C(CN)c1ccccc1. The first-order valence-corrected chi connectivity index (χ1v) is 5.85. The van der Waals surface area contributed by atoms with Crippen molar-refractivity contribution in [2.24, 2.45) is 5.73 Å². The van der Waals surface area contributed by atoms with Gasteiger partial charge in [-0.05, 0) is 12.5 Å². The van der Waals surface area contributed by atoms with Crippen molar-refractivity contribution in [3.63, 3.8) is 0 Å². The highest BCUT2D eigenvalue weighted by molar-refractivity contribution is 5.84. The van der Waals surface area contributed by atoms with E-state index < -0.39 is 11.5 Å². The highest BCUT2D eigenvalue weighted by Crippen LogP contribution is 2.15. The van der Waals surface area contributed by atoms with Crippen molar-refractivity contribution >= 4 is 5.91 Å². The Labute approximate surface area is 107 Å². The van der Waals surface area contributed by atoms with E-state index in [0.29, 0.717) is 0 Å². The molecule has 0 bridgehead atoms. The Hall–Kier alpha value is -1.43. The summed E-state index contributed by atoms with van der Waals surface area (Å²) < 4.78 is 0. The summed E-state index contributed by atoms with van der Waals surface area (Å²) in [7, 11) is 0. The number of aliphatic hydroxyl groups is 2. The van der Waals surface area contributed by atoms with E-state index in [1.807, 2.05) is 30.3 Å². The van der Waals surface area contributed by atoms with Crippen molar-refractivity contribution in [3.05, 3.63) is 35.9 Å². The van der Waals surface area contributed by atoms with Crippen molar-refractivity contribution in [2.75, 3.05) is 19.8 Å². The van der Waals surface area contributed by atoms with Crippen LogP contribution in [0.1, 0.15) is 18.4 Å². The maximum Gasteiger partial charge on any atom is 0.229 e. The third kappa shape index (κ3) is 3.53. The lowest BCUT2D eigenvalue weighted by Gasteiger charge is -2.28. The second-order valence-corrected chi connectivity index (χ2v) is 4.57. The molecule has 18 heavy (non-hydrogen) atoms. The molecule has 0 fully saturated rings. The number of benzene rings is 1. The fraction of sp³-hybridized carbons (Fsp3) is 0.462. The minimum atomic E-state index is -1.03. The number of hydrogen-bond acceptors (Lipinski definition) is 4. The Balaban J connectivity index is 2.81. The molecule has 0 aliphatic rings. The van der Waals surface area contributed by atoms with Gasteiger partial charge in [0.25, 0.3) is 0 Å². The Bertz CT molecular complexity index is 377. The summed E-state index contributed by atoms with van der Waals surface area (Å²) >= 11 is 0. The quantitative estimate of drug-likeness (QED) is 0.553. The summed E-state index contributed by atoms with van der Waals surface area (Å²) in [6, 6.07) is 9.18. The van der Waals surface area contributed by atoms with Crippen LogP contribution in [-0.4, -0.2) is 41.4 Å². The molecule has 1 atom stereocenters. The van der Waals surface area contributed by atoms with E-state index in [1.165, 1.54) is 0 Å². The zero-order valence-corrected chi connectivity index (χ0v) is 10.5. The molecular weight excluding hydrogens is 232 g/mol. The average molecular weight is 252 g/mol. The van der Waals surface area contributed by atoms with Gasteiger partial charge in [-0.3, -0.25) is 4.79 Å². The van der Waals surface area contributed by atoms with Crippen molar-refractivity contribution in [2.45, 2.75) is 18.4 Å². The van der Waals surface area contributed by atoms with Crippen molar-refractivity contribution in [1.29, 1.82) is 0 Å². The molecule has 1 aromatic carbocycles. The predicted octanol–water partition coefficient (Wildman–Crippen LogP) is -0.412. The third-order valence-electron chi connectivity index (χ3n) is 2.88. The monoisotopic (exact) mass is 252 g/mol. The molecule has 5 N–H and O–H groups in total. The fourth-order valence-corrected chi connectivity index (χ4v) is 1.59. The van der Waals surface area contributed by atoms with E-state index in [9.17, 15) is 4.79 Å². The molecule has 0 spiro atoms. The molecule has 0 aromatic heterocycles. The van der Waals surface area contributed by atoms with E-state index in [0.717, 1.165) is 5.56 Å². The molecule has 5 nitrogen and oxygen atoms in total. The van der Waals surface area contributed by atoms with E-state index in [-0.39, 0.29) is 25.7 Å². The Morgan fingerprint density at radius 3 is 2.33 bits per heavy atom. The Kier molecular flexibility index (Phi) is 5.27. The van der Waals surface area contributed by atoms with Crippen molar-refractivity contribution < 1.29 is 15.0 Å². The largest absolute Gasteiger partial charge is 0.394 e. The highest BCUT2D eigenvalue weighted by atomic mass is 16.3. The minimum absolute atomic E-state index is 0.169. The zero-order chi connectivity index (χ0) is 13.6. The van der Waals surface area contributed by atoms with Crippen LogP contribution in [0.15, 0.2) is 30.3 Å². The van der Waals surface area contributed by atoms with Gasteiger partial charge in [0.05, 0.1) is 24.7 Å². The van der Waals surface area contributed by atoms with Crippen LogP contribution in [0.4, 0.5) is 0 Å². The molecule has 0 aliphatic carbocycles. The summed E-state index contributed by atoms with van der Waals surface area (Å²) in [5.41, 5.74) is 5.41. The van der Waals surface area contributed by atoms with Gasteiger partial charge in [0.1, 0.15) is 0 Å². The molecule has 1 aromatic rings. The van der Waals surface area contributed by atoms with Gasteiger partial charge in [-0.25, -0.2) is 0 Å². The highest BCUT2D eigenvalue weighted by Gasteiger charge is 2.28. The Morgan fingerprint density at radius 2 is 1.89 bits per heavy atom. The van der Waals surface area contributed by atoms with Crippen LogP contribution in [0, 0.1) is 0 Å². The lowest BCUT2D eigenvalue weighted by Crippen LogP contribution is -2.53. The first-order chi connectivity index (χ1) is 8.56. The molecule has 1 rings (SSSR count). The van der Waals surface area contributed by atoms with Crippen LogP contribution in [0.25, 0.3) is 0 Å². The van der Waals surface area contributed by atoms with Crippen LogP contribution in [-0.2, 0) is 4.79 Å². The molecule has 0 aliphatic heterocycles. The molecule has 5 heteroatoms. The molecule has 0 radical (unpaired) electrons. The molecule has 0 heterocycles. The molecule has 0 saturated carbocycles. The van der Waals surface area contributed by atoms with Gasteiger partial charge in [0, 0.05) is 6.54 Å². The number of hydrogen-bond donors (Lipinski definition) is 4. The van der Waals surface area contributed by atoms with Crippen LogP contribution in [0.5, 0.6) is 0 Å². The second kappa shape index (κ2) is 6.49. The third-order valence-corrected chi connectivity index (χ3v) is 2.88. The molecule has 0 saturated heterocycles. The number of rotatable bonds is 6. The van der Waals surface area contributed by atoms with Crippen molar-refractivity contribution in [1.82, 2.24) is 5.32 Å².